The van der Waals surface area contributed by atoms with Crippen molar-refractivity contribution in [2.45, 2.75) is 63.6 Å². The van der Waals surface area contributed by atoms with Crippen LogP contribution in [0.25, 0.3) is 11.3 Å². The average molecular weight is 509 g/mol. The quantitative estimate of drug-likeness (QED) is 0.371. The van der Waals surface area contributed by atoms with Gasteiger partial charge in [0.1, 0.15) is 6.10 Å². The summed E-state index contributed by atoms with van der Waals surface area (Å²) in [4.78, 5) is 20.0. The van der Waals surface area contributed by atoms with Gasteiger partial charge in [0.05, 0.1) is 11.4 Å². The van der Waals surface area contributed by atoms with Gasteiger partial charge in [-0.1, -0.05) is 48.4 Å². The number of carboxylic acid groups (broad SMARTS) is 2. The molecule has 194 valence electrons. The zero-order valence-corrected chi connectivity index (χ0v) is 19.5. The van der Waals surface area contributed by atoms with Gasteiger partial charge >= 0.3 is 18.1 Å². The highest BCUT2D eigenvalue weighted by molar-refractivity contribution is 5.87. The van der Waals surface area contributed by atoms with Gasteiger partial charge in [0, 0.05) is 0 Å². The molecule has 1 aliphatic carbocycles. The van der Waals surface area contributed by atoms with Crippen molar-refractivity contribution in [2.24, 2.45) is 0 Å². The molecular weight excluding hydrogens is 483 g/mol. The number of carbonyl (C=O) groups is 2. The number of rotatable bonds is 6. The van der Waals surface area contributed by atoms with Crippen molar-refractivity contribution in [3.05, 3.63) is 47.3 Å². The zero-order valence-electron chi connectivity index (χ0n) is 19.5. The Balaban J connectivity index is 0.000000454. The molecule has 0 saturated heterocycles. The van der Waals surface area contributed by atoms with Crippen LogP contribution in [0.3, 0.4) is 0 Å². The number of hydrogen-bond donors (Lipinski definition) is 4. The maximum atomic E-state index is 11.1. The van der Waals surface area contributed by atoms with Gasteiger partial charge in [-0.25, -0.2) is 14.7 Å². The van der Waals surface area contributed by atoms with Gasteiger partial charge in [0.25, 0.3) is 5.88 Å². The molecule has 0 bridgehead atoms. The van der Waals surface area contributed by atoms with Crippen molar-refractivity contribution >= 4 is 11.9 Å². The van der Waals surface area contributed by atoms with Gasteiger partial charge in [0.2, 0.25) is 5.69 Å². The molecule has 4 N–H and O–H groups in total. The summed E-state index contributed by atoms with van der Waals surface area (Å²) in [5.41, 5.74) is 4.47. The van der Waals surface area contributed by atoms with E-state index in [2.05, 4.69) is 69.8 Å². The molecule has 1 aromatic carbocycles. The van der Waals surface area contributed by atoms with Crippen LogP contribution in [0.4, 0.5) is 13.2 Å². The largest absolute Gasteiger partial charge is 0.490 e. The third kappa shape index (κ3) is 6.83. The number of carboxylic acids is 2. The fraction of sp³-hybridized carbons (Fsp3) is 0.435. The summed E-state index contributed by atoms with van der Waals surface area (Å²) in [6, 6.07) is 10.8. The van der Waals surface area contributed by atoms with E-state index in [1.165, 1.54) is 5.56 Å². The second kappa shape index (κ2) is 11.2. The Morgan fingerprint density at radius 2 is 1.67 bits per heavy atom. The molecule has 0 atom stereocenters. The number of alkyl halides is 3. The maximum Gasteiger partial charge on any atom is 0.490 e. The van der Waals surface area contributed by atoms with Crippen LogP contribution in [0.2, 0.25) is 0 Å². The normalized spacial score (nSPS) is 17.8. The number of nitrogens with zero attached hydrogens (tertiary/aromatic N) is 3. The smallest absolute Gasteiger partial charge is 0.476 e. The lowest BCUT2D eigenvalue weighted by Crippen LogP contribution is -2.24. The van der Waals surface area contributed by atoms with Crippen molar-refractivity contribution in [3.8, 4) is 17.1 Å². The number of nitrogens with one attached hydrogen (secondary N) is 2. The topological polar surface area (TPSA) is 154 Å². The molecular formula is C23H26F3N5O5. The van der Waals surface area contributed by atoms with Crippen LogP contribution in [0.5, 0.6) is 5.88 Å². The molecule has 1 fully saturated rings. The summed E-state index contributed by atoms with van der Waals surface area (Å²) in [6.07, 6.45) is -1.42. The number of halogens is 3. The van der Waals surface area contributed by atoms with Gasteiger partial charge in [-0.2, -0.15) is 18.3 Å². The summed E-state index contributed by atoms with van der Waals surface area (Å²) in [6.45, 7) is 4.27. The fourth-order valence-electron chi connectivity index (χ4n) is 3.83. The highest BCUT2D eigenvalue weighted by Gasteiger charge is 2.38. The minimum absolute atomic E-state index is 0.0341. The van der Waals surface area contributed by atoms with Gasteiger partial charge < -0.3 is 14.9 Å². The van der Waals surface area contributed by atoms with Crippen LogP contribution in [0.15, 0.2) is 30.3 Å². The molecule has 0 unspecified atom stereocenters. The molecule has 13 heteroatoms. The van der Waals surface area contributed by atoms with E-state index in [1.807, 2.05) is 0 Å². The lowest BCUT2D eigenvalue weighted by Gasteiger charge is -2.28. The van der Waals surface area contributed by atoms with Gasteiger partial charge in [0.15, 0.2) is 0 Å². The number of aromatic carboxylic acids is 1. The number of aromatic amines is 2. The van der Waals surface area contributed by atoms with E-state index in [-0.39, 0.29) is 17.7 Å². The average Bonchev–Trinajstić information content (AvgIpc) is 3.50. The second-order valence-electron chi connectivity index (χ2n) is 8.67. The zero-order chi connectivity index (χ0) is 26.5. The predicted molar refractivity (Wildman–Crippen MR) is 121 cm³/mol. The van der Waals surface area contributed by atoms with Crippen LogP contribution >= 0.6 is 0 Å². The van der Waals surface area contributed by atoms with Crippen LogP contribution in [0.1, 0.15) is 73.1 Å². The number of H-pyrrole nitrogens is 2. The van der Waals surface area contributed by atoms with E-state index in [4.69, 9.17) is 19.7 Å². The summed E-state index contributed by atoms with van der Waals surface area (Å²) in [7, 11) is 0. The Bertz CT molecular complexity index is 1170. The van der Waals surface area contributed by atoms with Gasteiger partial charge in [-0.05, 0) is 54.7 Å². The van der Waals surface area contributed by atoms with Crippen LogP contribution in [-0.4, -0.2) is 60.0 Å². The molecule has 4 rings (SSSR count). The first-order valence-electron chi connectivity index (χ1n) is 11.2. The highest BCUT2D eigenvalue weighted by Crippen LogP contribution is 2.35. The summed E-state index contributed by atoms with van der Waals surface area (Å²) < 4.78 is 37.5. The van der Waals surface area contributed by atoms with E-state index in [9.17, 15) is 18.0 Å². The van der Waals surface area contributed by atoms with Crippen molar-refractivity contribution in [3.63, 3.8) is 0 Å². The van der Waals surface area contributed by atoms with Gasteiger partial charge in [-0.15, -0.1) is 0 Å². The Hall–Kier alpha value is -3.90. The third-order valence-electron chi connectivity index (χ3n) is 5.81. The Morgan fingerprint density at radius 1 is 1.06 bits per heavy atom. The molecule has 36 heavy (non-hydrogen) atoms. The number of aliphatic carboxylic acids is 1. The van der Waals surface area contributed by atoms with Crippen LogP contribution in [-0.2, 0) is 4.79 Å². The van der Waals surface area contributed by atoms with E-state index >= 15 is 0 Å². The first kappa shape index (κ1) is 26.7. The molecule has 2 aromatic heterocycles. The fourth-order valence-corrected chi connectivity index (χ4v) is 3.83. The number of hydrogen-bond acceptors (Lipinski definition) is 6. The molecule has 0 aliphatic heterocycles. The predicted octanol–water partition coefficient (Wildman–Crippen LogP) is 4.75. The Kier molecular flexibility index (Phi) is 8.33. The van der Waals surface area contributed by atoms with E-state index in [0.717, 1.165) is 42.6 Å². The molecule has 10 nitrogen and oxygen atoms in total. The first-order valence-corrected chi connectivity index (χ1v) is 11.2. The van der Waals surface area contributed by atoms with Gasteiger partial charge in [-0.3, -0.25) is 5.10 Å². The van der Waals surface area contributed by atoms with E-state index in [1.54, 1.807) is 0 Å². The van der Waals surface area contributed by atoms with Crippen molar-refractivity contribution in [1.29, 1.82) is 0 Å². The van der Waals surface area contributed by atoms with Crippen LogP contribution in [0, 0.1) is 0 Å². The monoisotopic (exact) mass is 509 g/mol. The second-order valence-corrected chi connectivity index (χ2v) is 8.67. The van der Waals surface area contributed by atoms with Crippen molar-refractivity contribution < 1.29 is 37.7 Å². The summed E-state index contributed by atoms with van der Waals surface area (Å²) in [5.74, 6) is -2.91. The first-order chi connectivity index (χ1) is 17.0. The number of ether oxygens (including phenoxy) is 1. The molecule has 1 aliphatic rings. The highest BCUT2D eigenvalue weighted by atomic mass is 19.4. The van der Waals surface area contributed by atoms with E-state index in [0.29, 0.717) is 11.8 Å². The summed E-state index contributed by atoms with van der Waals surface area (Å²) >= 11 is 0. The molecule has 0 amide bonds. The van der Waals surface area contributed by atoms with Crippen molar-refractivity contribution in [2.75, 3.05) is 0 Å². The van der Waals surface area contributed by atoms with Crippen molar-refractivity contribution in [1.82, 2.24) is 25.6 Å². The molecule has 2 heterocycles. The molecule has 3 aromatic rings. The van der Waals surface area contributed by atoms with Crippen LogP contribution < -0.4 is 4.74 Å². The van der Waals surface area contributed by atoms with E-state index < -0.39 is 18.1 Å². The Labute approximate surface area is 203 Å². The SMILES string of the molecule is CC(C)c1cc(-c2ccc(C3CCC(Oc4nn[nH]c4C(=O)O)CC3)cc2)[nH]n1.O=C(O)C(F)(F)F. The Morgan fingerprint density at radius 3 is 2.17 bits per heavy atom. The lowest BCUT2D eigenvalue weighted by molar-refractivity contribution is -0.192. The number of benzene rings is 1. The molecule has 0 spiro atoms. The molecule has 0 radical (unpaired) electrons. The summed E-state index contributed by atoms with van der Waals surface area (Å²) in [5, 5.41) is 33.4. The maximum absolute atomic E-state index is 11.1. The third-order valence-corrected chi connectivity index (χ3v) is 5.81. The molecule has 1 saturated carbocycles. The minimum Gasteiger partial charge on any atom is -0.476 e. The number of aromatic nitrogens is 5. The standard InChI is InChI=1S/C21H25N5O3.C2HF3O2/c1-12(2)17-11-18(23-22-17)15-5-3-13(4-6-15)14-7-9-16(10-8-14)29-20-19(21(27)28)24-26-25-20;3-2(4,5)1(6)7/h3-6,11-12,14,16H,7-10H2,1-2H3,(H,22,23)(H,27,28)(H,24,25,26);(H,6,7). The minimum atomic E-state index is -5.08. The lowest BCUT2D eigenvalue weighted by atomic mass is 9.82.